The Morgan fingerprint density at radius 3 is 2.43 bits per heavy atom. The van der Waals surface area contributed by atoms with E-state index in [1.54, 1.807) is 0 Å². The van der Waals surface area contributed by atoms with Crippen molar-refractivity contribution in [2.45, 2.75) is 26.7 Å². The quantitative estimate of drug-likeness (QED) is 0.717. The van der Waals surface area contributed by atoms with E-state index in [0.717, 1.165) is 25.9 Å². The van der Waals surface area contributed by atoms with Gasteiger partial charge in [0.25, 0.3) is 0 Å². The van der Waals surface area contributed by atoms with Crippen LogP contribution in [0.2, 0.25) is 0 Å². The molecule has 0 aromatic heterocycles. The lowest BCUT2D eigenvalue weighted by atomic mass is 9.93. The monoisotopic (exact) mass is 198 g/mol. The Morgan fingerprint density at radius 2 is 2.00 bits per heavy atom. The zero-order chi connectivity index (χ0) is 10.8. The molecule has 1 amide bonds. The summed E-state index contributed by atoms with van der Waals surface area (Å²) in [6, 6.07) is 0. The highest BCUT2D eigenvalue weighted by molar-refractivity contribution is 5.80. The van der Waals surface area contributed by atoms with Crippen LogP contribution >= 0.6 is 0 Å². The zero-order valence-electron chi connectivity index (χ0n) is 9.76. The number of carbonyl (C=O) groups excluding carboxylic acids is 1. The van der Waals surface area contributed by atoms with Crippen LogP contribution < -0.4 is 5.32 Å². The lowest BCUT2D eigenvalue weighted by Crippen LogP contribution is -2.40. The van der Waals surface area contributed by atoms with Crippen LogP contribution in [0.3, 0.4) is 0 Å². The van der Waals surface area contributed by atoms with Crippen LogP contribution in [-0.2, 0) is 4.79 Å². The van der Waals surface area contributed by atoms with E-state index in [1.165, 1.54) is 0 Å². The molecule has 1 aliphatic rings. The second kappa shape index (κ2) is 4.30. The van der Waals surface area contributed by atoms with E-state index in [4.69, 9.17) is 0 Å². The molecule has 3 heteroatoms. The molecule has 0 bridgehead atoms. The Morgan fingerprint density at radius 1 is 1.43 bits per heavy atom. The molecule has 1 aliphatic carbocycles. The number of nitrogens with one attached hydrogen (secondary N) is 1. The van der Waals surface area contributed by atoms with Crippen LogP contribution in [0.5, 0.6) is 0 Å². The topological polar surface area (TPSA) is 32.3 Å². The highest BCUT2D eigenvalue weighted by Crippen LogP contribution is 2.29. The van der Waals surface area contributed by atoms with Crippen LogP contribution in [0, 0.1) is 11.3 Å². The second-order valence-corrected chi connectivity index (χ2v) is 5.39. The molecular formula is C11H22N2O. The fraction of sp³-hybridized carbons (Fsp3) is 0.909. The van der Waals surface area contributed by atoms with Crippen LogP contribution in [0.15, 0.2) is 0 Å². The Balaban J connectivity index is 2.23. The van der Waals surface area contributed by atoms with Gasteiger partial charge in [-0.1, -0.05) is 13.8 Å². The maximum Gasteiger partial charge on any atom is 0.223 e. The molecule has 1 rings (SSSR count). The van der Waals surface area contributed by atoms with Gasteiger partial charge in [0, 0.05) is 19.0 Å². The first-order chi connectivity index (χ1) is 6.41. The molecular weight excluding hydrogens is 176 g/mol. The molecule has 0 aromatic rings. The Hall–Kier alpha value is -0.570. The van der Waals surface area contributed by atoms with E-state index >= 15 is 0 Å². The third-order valence-electron chi connectivity index (χ3n) is 2.43. The molecule has 82 valence electrons. The van der Waals surface area contributed by atoms with Crippen molar-refractivity contribution in [1.82, 2.24) is 10.2 Å². The molecule has 3 nitrogen and oxygen atoms in total. The Bertz CT molecular complexity index is 207. The number of nitrogens with zero attached hydrogens (tertiary/aromatic N) is 1. The van der Waals surface area contributed by atoms with Gasteiger partial charge in [-0.25, -0.2) is 0 Å². The fourth-order valence-corrected chi connectivity index (χ4v) is 1.73. The Kier molecular flexibility index (Phi) is 3.53. The largest absolute Gasteiger partial charge is 0.355 e. The predicted octanol–water partition coefficient (Wildman–Crippen LogP) is 1.10. The van der Waals surface area contributed by atoms with Crippen molar-refractivity contribution in [3.63, 3.8) is 0 Å². The molecule has 0 saturated heterocycles. The minimum Gasteiger partial charge on any atom is -0.355 e. The highest BCUT2D eigenvalue weighted by Gasteiger charge is 2.30. The maximum atomic E-state index is 11.4. The first-order valence-electron chi connectivity index (χ1n) is 5.33. The van der Waals surface area contributed by atoms with Gasteiger partial charge in [-0.3, -0.25) is 4.79 Å². The van der Waals surface area contributed by atoms with Gasteiger partial charge in [0.2, 0.25) is 5.91 Å². The lowest BCUT2D eigenvalue weighted by molar-refractivity contribution is -0.122. The minimum absolute atomic E-state index is 0.161. The third kappa shape index (κ3) is 4.09. The van der Waals surface area contributed by atoms with Gasteiger partial charge in [-0.15, -0.1) is 0 Å². The van der Waals surface area contributed by atoms with Crippen LogP contribution in [0.25, 0.3) is 0 Å². The van der Waals surface area contributed by atoms with Gasteiger partial charge < -0.3 is 10.2 Å². The molecule has 1 N–H and O–H groups in total. The molecule has 0 radical (unpaired) electrons. The summed E-state index contributed by atoms with van der Waals surface area (Å²) < 4.78 is 0. The SMILES string of the molecule is CN(C)CC(C)(C)CNC(=O)C1CC1. The Labute approximate surface area is 86.9 Å². The van der Waals surface area contributed by atoms with Gasteiger partial charge in [-0.05, 0) is 32.4 Å². The van der Waals surface area contributed by atoms with Crippen molar-refractivity contribution >= 4 is 5.91 Å². The smallest absolute Gasteiger partial charge is 0.223 e. The van der Waals surface area contributed by atoms with E-state index in [9.17, 15) is 4.79 Å². The van der Waals surface area contributed by atoms with E-state index in [1.807, 2.05) is 0 Å². The molecule has 0 aromatic carbocycles. The van der Waals surface area contributed by atoms with Gasteiger partial charge in [-0.2, -0.15) is 0 Å². The molecule has 0 aliphatic heterocycles. The summed E-state index contributed by atoms with van der Waals surface area (Å²) >= 11 is 0. The van der Waals surface area contributed by atoms with Crippen molar-refractivity contribution < 1.29 is 4.79 Å². The number of carbonyl (C=O) groups is 1. The number of hydrogen-bond donors (Lipinski definition) is 1. The fourth-order valence-electron chi connectivity index (χ4n) is 1.73. The van der Waals surface area contributed by atoms with Crippen molar-refractivity contribution in [2.24, 2.45) is 11.3 Å². The van der Waals surface area contributed by atoms with E-state index in [0.29, 0.717) is 5.92 Å². The normalized spacial score (nSPS) is 17.2. The van der Waals surface area contributed by atoms with Crippen molar-refractivity contribution in [3.8, 4) is 0 Å². The summed E-state index contributed by atoms with van der Waals surface area (Å²) in [4.78, 5) is 13.6. The maximum absolute atomic E-state index is 11.4. The predicted molar refractivity (Wildman–Crippen MR) is 58.1 cm³/mol. The summed E-state index contributed by atoms with van der Waals surface area (Å²) in [6.45, 7) is 6.14. The van der Waals surface area contributed by atoms with Gasteiger partial charge in [0.1, 0.15) is 0 Å². The first kappa shape index (κ1) is 11.5. The molecule has 14 heavy (non-hydrogen) atoms. The van der Waals surface area contributed by atoms with Gasteiger partial charge in [0.15, 0.2) is 0 Å². The number of rotatable bonds is 5. The van der Waals surface area contributed by atoms with Crippen LogP contribution in [-0.4, -0.2) is 38.0 Å². The van der Waals surface area contributed by atoms with Gasteiger partial charge in [0.05, 0.1) is 0 Å². The van der Waals surface area contributed by atoms with Crippen molar-refractivity contribution in [2.75, 3.05) is 27.2 Å². The first-order valence-corrected chi connectivity index (χ1v) is 5.33. The summed E-state index contributed by atoms with van der Waals surface area (Å²) in [6.07, 6.45) is 2.17. The molecule has 0 unspecified atom stereocenters. The zero-order valence-corrected chi connectivity index (χ0v) is 9.76. The van der Waals surface area contributed by atoms with Crippen LogP contribution in [0.1, 0.15) is 26.7 Å². The van der Waals surface area contributed by atoms with E-state index in [2.05, 4.69) is 38.2 Å². The average molecular weight is 198 g/mol. The second-order valence-electron chi connectivity index (χ2n) is 5.39. The molecule has 1 fully saturated rings. The van der Waals surface area contributed by atoms with E-state index < -0.39 is 0 Å². The standard InChI is InChI=1S/C11H22N2O/c1-11(2,8-13(3)4)7-12-10(14)9-5-6-9/h9H,5-8H2,1-4H3,(H,12,14). The third-order valence-corrected chi connectivity index (χ3v) is 2.43. The minimum atomic E-state index is 0.161. The molecule has 0 atom stereocenters. The summed E-state index contributed by atoms with van der Waals surface area (Å²) in [7, 11) is 4.12. The average Bonchev–Trinajstić information content (AvgIpc) is 2.79. The lowest BCUT2D eigenvalue weighted by Gasteiger charge is -2.28. The number of amides is 1. The molecule has 1 saturated carbocycles. The number of hydrogen-bond acceptors (Lipinski definition) is 2. The highest BCUT2D eigenvalue weighted by atomic mass is 16.2. The van der Waals surface area contributed by atoms with Gasteiger partial charge >= 0.3 is 0 Å². The summed E-state index contributed by atoms with van der Waals surface area (Å²) in [5.74, 6) is 0.571. The van der Waals surface area contributed by atoms with Crippen molar-refractivity contribution in [3.05, 3.63) is 0 Å². The van der Waals surface area contributed by atoms with Crippen LogP contribution in [0.4, 0.5) is 0 Å². The van der Waals surface area contributed by atoms with Crippen molar-refractivity contribution in [1.29, 1.82) is 0 Å². The summed E-state index contributed by atoms with van der Waals surface area (Å²) in [5.41, 5.74) is 0.161. The summed E-state index contributed by atoms with van der Waals surface area (Å²) in [5, 5.41) is 3.02. The molecule has 0 heterocycles. The van der Waals surface area contributed by atoms with E-state index in [-0.39, 0.29) is 11.3 Å². The molecule has 0 spiro atoms.